The Morgan fingerprint density at radius 3 is 2.67 bits per heavy atom. The molecule has 0 bridgehead atoms. The van der Waals surface area contributed by atoms with E-state index in [0.29, 0.717) is 19.3 Å². The predicted octanol–water partition coefficient (Wildman–Crippen LogP) is 2.83. The molecule has 1 rings (SSSR count). The summed E-state index contributed by atoms with van der Waals surface area (Å²) in [5, 5.41) is 8.67. The van der Waals surface area contributed by atoms with Gasteiger partial charge in [-0.2, -0.15) is 0 Å². The molecule has 1 heterocycles. The van der Waals surface area contributed by atoms with E-state index in [9.17, 15) is 0 Å². The minimum absolute atomic E-state index is 0.0574. The molecule has 0 unspecified atom stereocenters. The van der Waals surface area contributed by atoms with Crippen molar-refractivity contribution in [1.29, 1.82) is 0 Å². The summed E-state index contributed by atoms with van der Waals surface area (Å²) in [4.78, 5) is 6.59. The van der Waals surface area contributed by atoms with E-state index >= 15 is 0 Å². The third-order valence-corrected chi connectivity index (χ3v) is 3.41. The van der Waals surface area contributed by atoms with Crippen molar-refractivity contribution in [2.24, 2.45) is 0 Å². The second kappa shape index (κ2) is 8.09. The molecular weight excluding hydrogens is 364 g/mol. The maximum Gasteiger partial charge on any atom is 0.143 e. The van der Waals surface area contributed by atoms with Gasteiger partial charge in [0.2, 0.25) is 0 Å². The quantitative estimate of drug-likeness (QED) is 0.737. The van der Waals surface area contributed by atoms with Gasteiger partial charge in [-0.1, -0.05) is 0 Å². The van der Waals surface area contributed by atoms with Gasteiger partial charge in [0, 0.05) is 23.3 Å². The minimum atomic E-state index is 0.0574. The first-order valence-electron chi connectivity index (χ1n) is 5.82. The lowest BCUT2D eigenvalue weighted by molar-refractivity contribution is 0.0960. The van der Waals surface area contributed by atoms with E-state index in [1.165, 1.54) is 0 Å². The molecule has 1 N–H and O–H groups in total. The van der Waals surface area contributed by atoms with Gasteiger partial charge in [-0.05, 0) is 51.8 Å². The maximum atomic E-state index is 8.67. The number of rotatable bonds is 7. The Balaban J connectivity index is 2.71. The molecule has 0 saturated carbocycles. The smallest absolute Gasteiger partial charge is 0.143 e. The molecule has 4 nitrogen and oxygen atoms in total. The van der Waals surface area contributed by atoms with Crippen molar-refractivity contribution in [2.75, 3.05) is 31.3 Å². The highest BCUT2D eigenvalue weighted by atomic mass is 79.9. The van der Waals surface area contributed by atoms with E-state index in [2.05, 4.69) is 55.6 Å². The third-order valence-electron chi connectivity index (χ3n) is 2.40. The van der Waals surface area contributed by atoms with Crippen LogP contribution in [-0.4, -0.2) is 42.5 Å². The molecule has 1 aromatic heterocycles. The standard InChI is InChI=1S/C12H18Br2N2O2/c1-9(2)16(3-5-18-6-4-17)12-11(14)7-10(13)8-15-12/h7-9,17H,3-6H2,1-2H3. The Morgan fingerprint density at radius 2 is 2.11 bits per heavy atom. The van der Waals surface area contributed by atoms with E-state index in [4.69, 9.17) is 9.84 Å². The highest BCUT2D eigenvalue weighted by Gasteiger charge is 2.15. The molecule has 0 spiro atoms. The number of aliphatic hydroxyl groups is 1. The molecule has 0 saturated heterocycles. The number of halogens is 2. The van der Waals surface area contributed by atoms with E-state index in [0.717, 1.165) is 21.3 Å². The van der Waals surface area contributed by atoms with Crippen LogP contribution in [0.4, 0.5) is 5.82 Å². The van der Waals surface area contributed by atoms with Crippen LogP contribution >= 0.6 is 31.9 Å². The second-order valence-electron chi connectivity index (χ2n) is 4.08. The molecule has 0 aliphatic rings. The van der Waals surface area contributed by atoms with Crippen molar-refractivity contribution >= 4 is 37.7 Å². The van der Waals surface area contributed by atoms with Gasteiger partial charge >= 0.3 is 0 Å². The lowest BCUT2D eigenvalue weighted by Crippen LogP contribution is -2.35. The summed E-state index contributed by atoms with van der Waals surface area (Å²) in [6, 6.07) is 2.31. The number of hydrogen-bond acceptors (Lipinski definition) is 4. The molecule has 6 heteroatoms. The van der Waals surface area contributed by atoms with Gasteiger partial charge in [0.15, 0.2) is 0 Å². The molecule has 0 atom stereocenters. The molecule has 18 heavy (non-hydrogen) atoms. The molecule has 0 fully saturated rings. The molecule has 0 aromatic carbocycles. The van der Waals surface area contributed by atoms with Crippen LogP contribution in [0.5, 0.6) is 0 Å². The van der Waals surface area contributed by atoms with E-state index in [1.807, 2.05) is 6.07 Å². The Kier molecular flexibility index (Phi) is 7.14. The fraction of sp³-hybridized carbons (Fsp3) is 0.583. The van der Waals surface area contributed by atoms with Gasteiger partial charge in [-0.25, -0.2) is 4.98 Å². The number of aliphatic hydroxyl groups excluding tert-OH is 1. The van der Waals surface area contributed by atoms with Crippen LogP contribution in [-0.2, 0) is 4.74 Å². The van der Waals surface area contributed by atoms with Gasteiger partial charge < -0.3 is 14.7 Å². The summed E-state index contributed by atoms with van der Waals surface area (Å²) in [5.74, 6) is 0.904. The molecule has 0 radical (unpaired) electrons. The largest absolute Gasteiger partial charge is 0.394 e. The van der Waals surface area contributed by atoms with Gasteiger partial charge in [0.05, 0.1) is 24.3 Å². The second-order valence-corrected chi connectivity index (χ2v) is 5.85. The Labute approximate surface area is 125 Å². The van der Waals surface area contributed by atoms with Crippen molar-refractivity contribution in [1.82, 2.24) is 4.98 Å². The first-order valence-corrected chi connectivity index (χ1v) is 7.41. The lowest BCUT2D eigenvalue weighted by atomic mass is 10.3. The summed E-state index contributed by atoms with van der Waals surface area (Å²) >= 11 is 6.92. The summed E-state index contributed by atoms with van der Waals surface area (Å²) in [6.45, 7) is 5.97. The fourth-order valence-corrected chi connectivity index (χ4v) is 2.77. The monoisotopic (exact) mass is 380 g/mol. The Hall–Kier alpha value is -0.170. The van der Waals surface area contributed by atoms with Crippen molar-refractivity contribution in [3.63, 3.8) is 0 Å². The maximum absolute atomic E-state index is 8.67. The van der Waals surface area contributed by atoms with Gasteiger partial charge in [0.25, 0.3) is 0 Å². The van der Waals surface area contributed by atoms with Crippen LogP contribution < -0.4 is 4.90 Å². The van der Waals surface area contributed by atoms with E-state index in [1.54, 1.807) is 6.20 Å². The van der Waals surface area contributed by atoms with Crippen LogP contribution in [0, 0.1) is 0 Å². The fourth-order valence-electron chi connectivity index (χ4n) is 1.56. The summed E-state index contributed by atoms with van der Waals surface area (Å²) in [6.07, 6.45) is 1.78. The molecule has 1 aromatic rings. The average molecular weight is 382 g/mol. The number of nitrogens with zero attached hydrogens (tertiary/aromatic N) is 2. The van der Waals surface area contributed by atoms with Crippen molar-refractivity contribution in [3.05, 3.63) is 21.2 Å². The molecule has 0 aliphatic heterocycles. The van der Waals surface area contributed by atoms with Crippen LogP contribution in [0.15, 0.2) is 21.2 Å². The van der Waals surface area contributed by atoms with Crippen molar-refractivity contribution in [3.8, 4) is 0 Å². The lowest BCUT2D eigenvalue weighted by Gasteiger charge is -2.28. The summed E-state index contributed by atoms with van der Waals surface area (Å²) in [7, 11) is 0. The first kappa shape index (κ1) is 15.9. The first-order chi connectivity index (χ1) is 8.56. The predicted molar refractivity (Wildman–Crippen MR) is 80.0 cm³/mol. The highest BCUT2D eigenvalue weighted by Crippen LogP contribution is 2.27. The van der Waals surface area contributed by atoms with Gasteiger partial charge in [0.1, 0.15) is 5.82 Å². The zero-order valence-corrected chi connectivity index (χ0v) is 13.7. The van der Waals surface area contributed by atoms with Gasteiger partial charge in [-0.3, -0.25) is 0 Å². The summed E-state index contributed by atoms with van der Waals surface area (Å²) < 4.78 is 7.20. The average Bonchev–Trinajstić information content (AvgIpc) is 2.30. The number of pyridine rings is 1. The van der Waals surface area contributed by atoms with E-state index in [-0.39, 0.29) is 6.61 Å². The topological polar surface area (TPSA) is 45.6 Å². The molecule has 0 aliphatic carbocycles. The van der Waals surface area contributed by atoms with E-state index < -0.39 is 0 Å². The normalized spacial score (nSPS) is 11.0. The van der Waals surface area contributed by atoms with Crippen LogP contribution in [0.1, 0.15) is 13.8 Å². The summed E-state index contributed by atoms with van der Waals surface area (Å²) in [5.41, 5.74) is 0. The number of aromatic nitrogens is 1. The number of hydrogen-bond donors (Lipinski definition) is 1. The van der Waals surface area contributed by atoms with Crippen LogP contribution in [0.3, 0.4) is 0 Å². The van der Waals surface area contributed by atoms with Crippen molar-refractivity contribution < 1.29 is 9.84 Å². The van der Waals surface area contributed by atoms with Crippen LogP contribution in [0.25, 0.3) is 0 Å². The Morgan fingerprint density at radius 1 is 1.39 bits per heavy atom. The zero-order chi connectivity index (χ0) is 13.5. The van der Waals surface area contributed by atoms with Crippen LogP contribution in [0.2, 0.25) is 0 Å². The number of anilines is 1. The van der Waals surface area contributed by atoms with Gasteiger partial charge in [-0.15, -0.1) is 0 Å². The highest BCUT2D eigenvalue weighted by molar-refractivity contribution is 9.11. The molecule has 0 amide bonds. The number of ether oxygens (including phenoxy) is 1. The zero-order valence-electron chi connectivity index (χ0n) is 10.6. The molecular formula is C12H18Br2N2O2. The third kappa shape index (κ3) is 4.84. The minimum Gasteiger partial charge on any atom is -0.394 e. The molecule has 102 valence electrons. The van der Waals surface area contributed by atoms with Crippen molar-refractivity contribution in [2.45, 2.75) is 19.9 Å². The Bertz CT molecular complexity index is 375. The SMILES string of the molecule is CC(C)N(CCOCCO)c1ncc(Br)cc1Br.